The second kappa shape index (κ2) is 9.68. The van der Waals surface area contributed by atoms with Crippen molar-refractivity contribution in [3.8, 4) is 11.5 Å². The summed E-state index contributed by atoms with van der Waals surface area (Å²) in [6, 6.07) is 11.6. The molecule has 9 heteroatoms. The summed E-state index contributed by atoms with van der Waals surface area (Å²) in [5.74, 6) is 0.805. The molecule has 0 saturated carbocycles. The van der Waals surface area contributed by atoms with E-state index in [1.807, 2.05) is 6.92 Å². The van der Waals surface area contributed by atoms with Crippen LogP contribution in [0.5, 0.6) is 11.5 Å². The molecule has 2 aromatic rings. The Balaban J connectivity index is 1.59. The molecule has 0 bridgehead atoms. The highest BCUT2D eigenvalue weighted by molar-refractivity contribution is 7.89. The van der Waals surface area contributed by atoms with E-state index < -0.39 is 10.0 Å². The molecule has 7 nitrogen and oxygen atoms in total. The summed E-state index contributed by atoms with van der Waals surface area (Å²) >= 11 is 6.07. The minimum atomic E-state index is -3.68. The van der Waals surface area contributed by atoms with Crippen molar-refractivity contribution in [3.63, 3.8) is 0 Å². The number of methoxy groups -OCH3 is 1. The van der Waals surface area contributed by atoms with Crippen molar-refractivity contribution in [2.45, 2.75) is 24.7 Å². The smallest absolute Gasteiger partial charge is 0.243 e. The average molecular weight is 453 g/mol. The number of hydrogen-bond acceptors (Lipinski definition) is 5. The number of nitrogens with one attached hydrogen (secondary N) is 1. The number of nitrogens with zero attached hydrogens (tertiary/aromatic N) is 1. The number of sulfonamides is 1. The van der Waals surface area contributed by atoms with Gasteiger partial charge in [0.05, 0.1) is 23.6 Å². The molecular weight excluding hydrogens is 428 g/mol. The molecule has 1 amide bonds. The van der Waals surface area contributed by atoms with E-state index >= 15 is 0 Å². The van der Waals surface area contributed by atoms with Crippen molar-refractivity contribution < 1.29 is 22.7 Å². The third-order valence-corrected chi connectivity index (χ3v) is 7.21. The molecule has 3 rings (SSSR count). The maximum atomic E-state index is 12.9. The fourth-order valence-electron chi connectivity index (χ4n) is 3.36. The lowest BCUT2D eigenvalue weighted by Gasteiger charge is -2.30. The Morgan fingerprint density at radius 1 is 1.17 bits per heavy atom. The number of carbonyl (C=O) groups excluding carboxylic acids is 1. The van der Waals surface area contributed by atoms with Crippen LogP contribution < -0.4 is 14.8 Å². The summed E-state index contributed by atoms with van der Waals surface area (Å²) in [7, 11) is -2.21. The lowest BCUT2D eigenvalue weighted by molar-refractivity contribution is -0.120. The van der Waals surface area contributed by atoms with E-state index in [0.29, 0.717) is 30.9 Å². The fraction of sp³-hybridized carbons (Fsp3) is 0.381. The molecule has 1 saturated heterocycles. The molecule has 2 aromatic carbocycles. The zero-order valence-corrected chi connectivity index (χ0v) is 18.5. The monoisotopic (exact) mass is 452 g/mol. The van der Waals surface area contributed by atoms with Crippen molar-refractivity contribution in [2.24, 2.45) is 5.92 Å². The zero-order valence-electron chi connectivity index (χ0n) is 16.9. The number of anilines is 1. The van der Waals surface area contributed by atoms with Crippen LogP contribution in [0.2, 0.25) is 5.02 Å². The van der Waals surface area contributed by atoms with Crippen LogP contribution in [0, 0.1) is 5.92 Å². The van der Waals surface area contributed by atoms with Gasteiger partial charge in [-0.15, -0.1) is 0 Å². The number of rotatable bonds is 7. The third kappa shape index (κ3) is 5.06. The first-order chi connectivity index (χ1) is 14.3. The van der Waals surface area contributed by atoms with E-state index in [4.69, 9.17) is 21.1 Å². The number of piperidine rings is 1. The number of benzene rings is 2. The van der Waals surface area contributed by atoms with Gasteiger partial charge in [-0.1, -0.05) is 11.6 Å². The van der Waals surface area contributed by atoms with E-state index in [9.17, 15) is 13.2 Å². The Kier molecular flexibility index (Phi) is 7.23. The van der Waals surface area contributed by atoms with Crippen molar-refractivity contribution in [1.82, 2.24) is 4.31 Å². The van der Waals surface area contributed by atoms with Crippen LogP contribution in [0.3, 0.4) is 0 Å². The van der Waals surface area contributed by atoms with E-state index in [2.05, 4.69) is 5.32 Å². The third-order valence-electron chi connectivity index (χ3n) is 5.02. The van der Waals surface area contributed by atoms with Gasteiger partial charge in [0.25, 0.3) is 0 Å². The molecule has 1 heterocycles. The number of carbonyl (C=O) groups is 1. The highest BCUT2D eigenvalue weighted by atomic mass is 35.5. The lowest BCUT2D eigenvalue weighted by atomic mass is 9.97. The molecule has 1 aliphatic rings. The SMILES string of the molecule is CCOc1ccc(NC(=O)C2CCN(S(=O)(=O)c3ccc(OC)c(Cl)c3)CC2)cc1. The minimum Gasteiger partial charge on any atom is -0.495 e. The Morgan fingerprint density at radius 3 is 2.40 bits per heavy atom. The second-order valence-corrected chi connectivity index (χ2v) is 9.27. The van der Waals surface area contributed by atoms with Crippen molar-refractivity contribution >= 4 is 33.2 Å². The van der Waals surface area contributed by atoms with E-state index in [1.54, 1.807) is 24.3 Å². The highest BCUT2D eigenvalue weighted by Crippen LogP contribution is 2.30. The van der Waals surface area contributed by atoms with Crippen LogP contribution in [-0.4, -0.2) is 45.4 Å². The Bertz CT molecular complexity index is 987. The van der Waals surface area contributed by atoms with Crippen LogP contribution in [0.25, 0.3) is 0 Å². The normalized spacial score (nSPS) is 15.6. The summed E-state index contributed by atoms with van der Waals surface area (Å²) < 4.78 is 37.7. The van der Waals surface area contributed by atoms with Gasteiger partial charge in [-0.25, -0.2) is 8.42 Å². The number of hydrogen-bond donors (Lipinski definition) is 1. The van der Waals surface area contributed by atoms with Gasteiger partial charge in [0.15, 0.2) is 0 Å². The van der Waals surface area contributed by atoms with Gasteiger partial charge in [0.2, 0.25) is 15.9 Å². The highest BCUT2D eigenvalue weighted by Gasteiger charge is 2.32. The predicted molar refractivity (Wildman–Crippen MR) is 116 cm³/mol. The Hall–Kier alpha value is -2.29. The molecule has 0 radical (unpaired) electrons. The van der Waals surface area contributed by atoms with Crippen LogP contribution in [-0.2, 0) is 14.8 Å². The average Bonchev–Trinajstić information content (AvgIpc) is 2.75. The molecule has 162 valence electrons. The van der Waals surface area contributed by atoms with Gasteiger partial charge >= 0.3 is 0 Å². The van der Waals surface area contributed by atoms with Gasteiger partial charge in [0.1, 0.15) is 11.5 Å². The van der Waals surface area contributed by atoms with Crippen molar-refractivity contribution in [2.75, 3.05) is 32.1 Å². The lowest BCUT2D eigenvalue weighted by Crippen LogP contribution is -2.41. The largest absolute Gasteiger partial charge is 0.495 e. The number of ether oxygens (including phenoxy) is 2. The molecule has 1 aliphatic heterocycles. The van der Waals surface area contributed by atoms with E-state index in [1.165, 1.54) is 29.6 Å². The molecule has 0 spiro atoms. The summed E-state index contributed by atoms with van der Waals surface area (Å²) in [4.78, 5) is 12.7. The Morgan fingerprint density at radius 2 is 1.83 bits per heavy atom. The van der Waals surface area contributed by atoms with Gasteiger partial charge in [0, 0.05) is 24.7 Å². The summed E-state index contributed by atoms with van der Waals surface area (Å²) in [6.45, 7) is 3.03. The van der Waals surface area contributed by atoms with Crippen molar-refractivity contribution in [3.05, 3.63) is 47.5 Å². The van der Waals surface area contributed by atoms with E-state index in [-0.39, 0.29) is 34.8 Å². The zero-order chi connectivity index (χ0) is 21.7. The van der Waals surface area contributed by atoms with Gasteiger partial charge in [-0.2, -0.15) is 4.31 Å². The minimum absolute atomic E-state index is 0.108. The molecule has 0 aliphatic carbocycles. The van der Waals surface area contributed by atoms with Crippen LogP contribution in [0.15, 0.2) is 47.4 Å². The first-order valence-electron chi connectivity index (χ1n) is 9.72. The number of halogens is 1. The first-order valence-corrected chi connectivity index (χ1v) is 11.5. The maximum absolute atomic E-state index is 12.9. The molecule has 0 unspecified atom stereocenters. The maximum Gasteiger partial charge on any atom is 0.243 e. The van der Waals surface area contributed by atoms with Gasteiger partial charge < -0.3 is 14.8 Å². The molecule has 30 heavy (non-hydrogen) atoms. The molecule has 0 atom stereocenters. The Labute approximate surface area is 182 Å². The van der Waals surface area contributed by atoms with Crippen LogP contribution >= 0.6 is 11.6 Å². The second-order valence-electron chi connectivity index (χ2n) is 6.92. The quantitative estimate of drug-likeness (QED) is 0.690. The van der Waals surface area contributed by atoms with Gasteiger partial charge in [-0.3, -0.25) is 4.79 Å². The first kappa shape index (κ1) is 22.4. The topological polar surface area (TPSA) is 84.9 Å². The number of amides is 1. The standard InChI is InChI=1S/C21H25ClN2O5S/c1-3-29-17-6-4-16(5-7-17)23-21(25)15-10-12-24(13-11-15)30(26,27)18-8-9-20(28-2)19(22)14-18/h4-9,14-15H,3,10-13H2,1-2H3,(H,23,25). The summed E-state index contributed by atoms with van der Waals surface area (Å²) in [6.07, 6.45) is 0.901. The van der Waals surface area contributed by atoms with Crippen molar-refractivity contribution in [1.29, 1.82) is 0 Å². The van der Waals surface area contributed by atoms with E-state index in [0.717, 1.165) is 5.75 Å². The van der Waals surface area contributed by atoms with Gasteiger partial charge in [-0.05, 0) is 62.2 Å². The van der Waals surface area contributed by atoms with Crippen LogP contribution in [0.1, 0.15) is 19.8 Å². The predicted octanol–water partition coefficient (Wildman–Crippen LogP) is 3.79. The van der Waals surface area contributed by atoms with Crippen LogP contribution in [0.4, 0.5) is 5.69 Å². The molecule has 1 N–H and O–H groups in total. The summed E-state index contributed by atoms with van der Waals surface area (Å²) in [5.41, 5.74) is 0.686. The molecular formula is C21H25ClN2O5S. The molecule has 0 aromatic heterocycles. The fourth-order valence-corrected chi connectivity index (χ4v) is 5.18. The summed E-state index contributed by atoms with van der Waals surface area (Å²) in [5, 5.41) is 3.13. The molecule has 1 fully saturated rings.